The average molecular weight is 460 g/mol. The molecule has 1 aliphatic heterocycles. The Hall–Kier alpha value is -2.93. The minimum absolute atomic E-state index is 0.0895. The van der Waals surface area contributed by atoms with E-state index >= 15 is 0 Å². The molecule has 0 aliphatic carbocycles. The first kappa shape index (κ1) is 23.7. The molecular weight excluding hydrogens is 430 g/mol. The first-order valence-corrected chi connectivity index (χ1v) is 11.4. The van der Waals surface area contributed by atoms with Gasteiger partial charge in [0.2, 0.25) is 5.91 Å². The van der Waals surface area contributed by atoms with Gasteiger partial charge in [0.1, 0.15) is 0 Å². The fraction of sp³-hybridized carbons (Fsp3) is 0.417. The van der Waals surface area contributed by atoms with Crippen molar-refractivity contribution in [2.75, 3.05) is 44.7 Å². The summed E-state index contributed by atoms with van der Waals surface area (Å²) in [6, 6.07) is 14.4. The molecule has 172 valence electrons. The lowest BCUT2D eigenvalue weighted by atomic mass is 10.2. The Morgan fingerprint density at radius 3 is 2.31 bits per heavy atom. The third-order valence-electron chi connectivity index (χ3n) is 5.17. The highest BCUT2D eigenvalue weighted by molar-refractivity contribution is 6.30. The van der Waals surface area contributed by atoms with Gasteiger partial charge >= 0.3 is 6.03 Å². The molecule has 0 saturated carbocycles. The van der Waals surface area contributed by atoms with Crippen molar-refractivity contribution in [2.45, 2.75) is 26.2 Å². The van der Waals surface area contributed by atoms with Crippen LogP contribution in [0.25, 0.3) is 0 Å². The first-order chi connectivity index (χ1) is 15.6. The van der Waals surface area contributed by atoms with Gasteiger partial charge in [0, 0.05) is 43.3 Å². The molecular formula is C24H30ClN3O4. The van der Waals surface area contributed by atoms with E-state index in [2.05, 4.69) is 5.32 Å². The van der Waals surface area contributed by atoms with E-state index in [9.17, 15) is 9.59 Å². The number of urea groups is 1. The number of halogens is 1. The lowest BCUT2D eigenvalue weighted by molar-refractivity contribution is -0.131. The van der Waals surface area contributed by atoms with Crippen LogP contribution in [0.1, 0.15) is 26.2 Å². The number of ether oxygens (including phenoxy) is 2. The predicted octanol–water partition coefficient (Wildman–Crippen LogP) is 4.66. The largest absolute Gasteiger partial charge is 0.490 e. The molecule has 2 aromatic carbocycles. The molecule has 0 aromatic heterocycles. The van der Waals surface area contributed by atoms with Gasteiger partial charge in [-0.05, 0) is 56.2 Å². The summed E-state index contributed by atoms with van der Waals surface area (Å²) < 4.78 is 11.4. The van der Waals surface area contributed by atoms with E-state index < -0.39 is 0 Å². The smallest absolute Gasteiger partial charge is 0.321 e. The quantitative estimate of drug-likeness (QED) is 0.582. The van der Waals surface area contributed by atoms with Crippen molar-refractivity contribution in [3.05, 3.63) is 53.6 Å². The summed E-state index contributed by atoms with van der Waals surface area (Å²) in [6.07, 6.45) is 1.78. The average Bonchev–Trinajstić information content (AvgIpc) is 3.06. The Morgan fingerprint density at radius 1 is 0.938 bits per heavy atom. The molecule has 2 aromatic rings. The lowest BCUT2D eigenvalue weighted by Gasteiger charge is -2.22. The fourth-order valence-electron chi connectivity index (χ4n) is 3.51. The van der Waals surface area contributed by atoms with Gasteiger partial charge in [-0.15, -0.1) is 0 Å². The maximum Gasteiger partial charge on any atom is 0.321 e. The van der Waals surface area contributed by atoms with E-state index in [-0.39, 0.29) is 11.9 Å². The second kappa shape index (κ2) is 12.2. The van der Waals surface area contributed by atoms with Gasteiger partial charge in [-0.1, -0.05) is 23.7 Å². The molecule has 0 radical (unpaired) electrons. The number of hydrogen-bond donors (Lipinski definition) is 1. The number of rotatable bonds is 8. The van der Waals surface area contributed by atoms with Crippen LogP contribution >= 0.6 is 11.6 Å². The molecule has 3 rings (SSSR count). The van der Waals surface area contributed by atoms with E-state index in [1.165, 1.54) is 0 Å². The summed E-state index contributed by atoms with van der Waals surface area (Å²) in [5.41, 5.74) is 0.697. The van der Waals surface area contributed by atoms with Crippen LogP contribution in [0.4, 0.5) is 10.5 Å². The second-order valence-electron chi connectivity index (χ2n) is 7.49. The molecule has 0 unspecified atom stereocenters. The van der Waals surface area contributed by atoms with E-state index in [4.69, 9.17) is 21.1 Å². The van der Waals surface area contributed by atoms with Crippen molar-refractivity contribution >= 4 is 29.2 Å². The summed E-state index contributed by atoms with van der Waals surface area (Å²) in [4.78, 5) is 28.8. The van der Waals surface area contributed by atoms with Crippen molar-refractivity contribution in [3.63, 3.8) is 0 Å². The monoisotopic (exact) mass is 459 g/mol. The number of benzene rings is 2. The van der Waals surface area contributed by atoms with Crippen molar-refractivity contribution in [1.82, 2.24) is 9.80 Å². The number of nitrogens with zero attached hydrogens (tertiary/aromatic N) is 2. The summed E-state index contributed by atoms with van der Waals surface area (Å²) in [6.45, 7) is 5.24. The third-order valence-corrected chi connectivity index (χ3v) is 5.42. The number of anilines is 1. The normalized spacial score (nSPS) is 13.9. The Balaban J connectivity index is 1.40. The van der Waals surface area contributed by atoms with Gasteiger partial charge in [0.05, 0.1) is 13.2 Å². The van der Waals surface area contributed by atoms with Crippen LogP contribution in [0.2, 0.25) is 5.02 Å². The van der Waals surface area contributed by atoms with Crippen LogP contribution in [0.5, 0.6) is 11.5 Å². The van der Waals surface area contributed by atoms with E-state index in [0.29, 0.717) is 74.4 Å². The SMILES string of the molecule is CCOc1ccccc1OCCCC(=O)N1CCCN(C(=O)Nc2ccc(Cl)cc2)CC1. The minimum Gasteiger partial charge on any atom is -0.490 e. The van der Waals surface area contributed by atoms with Crippen LogP contribution in [0.15, 0.2) is 48.5 Å². The molecule has 0 bridgehead atoms. The molecule has 1 saturated heterocycles. The molecule has 32 heavy (non-hydrogen) atoms. The molecule has 1 fully saturated rings. The molecule has 1 heterocycles. The van der Waals surface area contributed by atoms with Gasteiger partial charge < -0.3 is 24.6 Å². The number of carbonyl (C=O) groups excluding carboxylic acids is 2. The third kappa shape index (κ3) is 7.05. The van der Waals surface area contributed by atoms with Crippen LogP contribution < -0.4 is 14.8 Å². The Morgan fingerprint density at radius 2 is 1.59 bits per heavy atom. The number of hydrogen-bond acceptors (Lipinski definition) is 4. The number of carbonyl (C=O) groups is 2. The van der Waals surface area contributed by atoms with Gasteiger partial charge in [0.15, 0.2) is 11.5 Å². The van der Waals surface area contributed by atoms with Crippen molar-refractivity contribution < 1.29 is 19.1 Å². The summed E-state index contributed by atoms with van der Waals surface area (Å²) >= 11 is 5.89. The Bertz CT molecular complexity index is 891. The van der Waals surface area contributed by atoms with E-state index in [1.54, 1.807) is 29.2 Å². The molecule has 8 heteroatoms. The zero-order chi connectivity index (χ0) is 22.8. The maximum absolute atomic E-state index is 12.6. The van der Waals surface area contributed by atoms with Crippen LogP contribution in [-0.4, -0.2) is 61.1 Å². The standard InChI is InChI=1S/C24H30ClN3O4/c1-2-31-21-7-3-4-8-22(21)32-18-5-9-23(29)27-14-6-15-28(17-16-27)24(30)26-20-12-10-19(25)11-13-20/h3-4,7-8,10-13H,2,5-6,9,14-18H2,1H3,(H,26,30). The van der Waals surface area contributed by atoms with Crippen LogP contribution in [0.3, 0.4) is 0 Å². The molecule has 3 amide bonds. The highest BCUT2D eigenvalue weighted by Crippen LogP contribution is 2.26. The number of nitrogens with one attached hydrogen (secondary N) is 1. The molecule has 1 aliphatic rings. The van der Waals surface area contributed by atoms with Crippen LogP contribution in [0, 0.1) is 0 Å². The van der Waals surface area contributed by atoms with Gasteiger partial charge in [-0.2, -0.15) is 0 Å². The first-order valence-electron chi connectivity index (χ1n) is 11.0. The van der Waals surface area contributed by atoms with Crippen molar-refractivity contribution in [3.8, 4) is 11.5 Å². The topological polar surface area (TPSA) is 71.1 Å². The van der Waals surface area contributed by atoms with Crippen molar-refractivity contribution in [2.24, 2.45) is 0 Å². The highest BCUT2D eigenvalue weighted by atomic mass is 35.5. The van der Waals surface area contributed by atoms with Crippen molar-refractivity contribution in [1.29, 1.82) is 0 Å². The molecule has 1 N–H and O–H groups in total. The molecule has 7 nitrogen and oxygen atoms in total. The Labute approximate surface area is 194 Å². The van der Waals surface area contributed by atoms with Gasteiger partial charge in [0.25, 0.3) is 0 Å². The van der Waals surface area contributed by atoms with E-state index in [0.717, 1.165) is 6.42 Å². The number of amides is 3. The van der Waals surface area contributed by atoms with E-state index in [1.807, 2.05) is 36.1 Å². The van der Waals surface area contributed by atoms with Gasteiger partial charge in [-0.3, -0.25) is 4.79 Å². The molecule has 0 spiro atoms. The zero-order valence-electron chi connectivity index (χ0n) is 18.4. The predicted molar refractivity (Wildman–Crippen MR) is 126 cm³/mol. The lowest BCUT2D eigenvalue weighted by Crippen LogP contribution is -2.39. The maximum atomic E-state index is 12.6. The number of para-hydroxylation sites is 2. The highest BCUT2D eigenvalue weighted by Gasteiger charge is 2.22. The fourth-order valence-corrected chi connectivity index (χ4v) is 3.64. The molecule has 0 atom stereocenters. The Kier molecular flexibility index (Phi) is 9.04. The zero-order valence-corrected chi connectivity index (χ0v) is 19.1. The van der Waals surface area contributed by atoms with Crippen LogP contribution in [-0.2, 0) is 4.79 Å². The summed E-state index contributed by atoms with van der Waals surface area (Å²) in [5.74, 6) is 1.50. The summed E-state index contributed by atoms with van der Waals surface area (Å²) in [7, 11) is 0. The van der Waals surface area contributed by atoms with Gasteiger partial charge in [-0.25, -0.2) is 4.79 Å². The summed E-state index contributed by atoms with van der Waals surface area (Å²) in [5, 5.41) is 3.50. The minimum atomic E-state index is -0.164. The second-order valence-corrected chi connectivity index (χ2v) is 7.93.